The van der Waals surface area contributed by atoms with Crippen molar-refractivity contribution >= 4 is 15.9 Å². The van der Waals surface area contributed by atoms with E-state index in [1.165, 1.54) is 15.6 Å². The van der Waals surface area contributed by atoms with Crippen LogP contribution in [0, 0.1) is 12.8 Å². The predicted molar refractivity (Wildman–Crippen MR) is 74.2 cm³/mol. The third-order valence-corrected chi connectivity index (χ3v) is 3.93. The average molecular weight is 298 g/mol. The zero-order chi connectivity index (χ0) is 12.3. The van der Waals surface area contributed by atoms with Gasteiger partial charge in [-0.1, -0.05) is 22.0 Å². The molecule has 0 aliphatic carbocycles. The molecular formula is C14H20BrNO. The maximum atomic E-state index is 5.44. The molecule has 0 amide bonds. The maximum Gasteiger partial charge on any atom is 0.0469 e. The molecule has 0 radical (unpaired) electrons. The van der Waals surface area contributed by atoms with E-state index < -0.39 is 0 Å². The van der Waals surface area contributed by atoms with E-state index in [9.17, 15) is 0 Å². The van der Waals surface area contributed by atoms with Crippen LogP contribution in [0.1, 0.15) is 30.0 Å². The minimum absolute atomic E-state index is 0.440. The number of halogens is 1. The first-order valence-electron chi connectivity index (χ1n) is 6.23. The van der Waals surface area contributed by atoms with Gasteiger partial charge >= 0.3 is 0 Å². The van der Waals surface area contributed by atoms with Gasteiger partial charge in [0, 0.05) is 23.7 Å². The van der Waals surface area contributed by atoms with E-state index in [-0.39, 0.29) is 0 Å². The number of hydrogen-bond acceptors (Lipinski definition) is 2. The van der Waals surface area contributed by atoms with Gasteiger partial charge in [0.15, 0.2) is 0 Å². The maximum absolute atomic E-state index is 5.44. The van der Waals surface area contributed by atoms with Gasteiger partial charge in [-0.25, -0.2) is 0 Å². The van der Waals surface area contributed by atoms with E-state index in [1.807, 2.05) is 0 Å². The summed E-state index contributed by atoms with van der Waals surface area (Å²) in [5, 5.41) is 3.47. The lowest BCUT2D eigenvalue weighted by Crippen LogP contribution is -2.30. The van der Waals surface area contributed by atoms with Crippen LogP contribution in [-0.2, 0) is 4.74 Å². The van der Waals surface area contributed by atoms with E-state index in [2.05, 4.69) is 53.4 Å². The van der Waals surface area contributed by atoms with Gasteiger partial charge in [0.2, 0.25) is 0 Å². The second-order valence-electron chi connectivity index (χ2n) is 4.78. The molecule has 1 aliphatic rings. The van der Waals surface area contributed by atoms with Crippen molar-refractivity contribution in [1.29, 1.82) is 0 Å². The van der Waals surface area contributed by atoms with E-state index in [1.54, 1.807) is 0 Å². The van der Waals surface area contributed by atoms with Gasteiger partial charge in [-0.3, -0.25) is 0 Å². The van der Waals surface area contributed by atoms with Gasteiger partial charge in [0.1, 0.15) is 0 Å². The predicted octanol–water partition coefficient (Wildman–Crippen LogP) is 3.44. The van der Waals surface area contributed by atoms with Gasteiger partial charge in [-0.2, -0.15) is 0 Å². The van der Waals surface area contributed by atoms with E-state index in [0.717, 1.165) is 26.1 Å². The summed E-state index contributed by atoms with van der Waals surface area (Å²) in [6.45, 7) is 3.94. The van der Waals surface area contributed by atoms with E-state index in [0.29, 0.717) is 12.0 Å². The number of rotatable bonds is 3. The number of nitrogens with one attached hydrogen (secondary N) is 1. The molecule has 0 aromatic heterocycles. The Balaban J connectivity index is 2.21. The summed E-state index contributed by atoms with van der Waals surface area (Å²) in [5.41, 5.74) is 2.69. The first-order valence-corrected chi connectivity index (χ1v) is 7.02. The molecule has 1 unspecified atom stereocenters. The number of ether oxygens (including phenoxy) is 1. The molecule has 0 saturated carbocycles. The highest BCUT2D eigenvalue weighted by Crippen LogP contribution is 2.31. The van der Waals surface area contributed by atoms with Crippen LogP contribution in [-0.4, -0.2) is 20.3 Å². The third kappa shape index (κ3) is 3.30. The second-order valence-corrected chi connectivity index (χ2v) is 5.69. The lowest BCUT2D eigenvalue weighted by atomic mass is 9.87. The normalized spacial score (nSPS) is 19.2. The molecule has 1 saturated heterocycles. The number of aryl methyl sites for hydroxylation is 1. The summed E-state index contributed by atoms with van der Waals surface area (Å²) in [6.07, 6.45) is 2.30. The van der Waals surface area contributed by atoms with Gasteiger partial charge in [0.05, 0.1) is 0 Å². The van der Waals surface area contributed by atoms with Gasteiger partial charge in [0.25, 0.3) is 0 Å². The molecule has 2 rings (SSSR count). The molecule has 1 aromatic carbocycles. The second kappa shape index (κ2) is 5.98. The monoisotopic (exact) mass is 297 g/mol. The van der Waals surface area contributed by atoms with Crippen molar-refractivity contribution in [3.63, 3.8) is 0 Å². The van der Waals surface area contributed by atoms with Crippen molar-refractivity contribution in [2.45, 2.75) is 25.8 Å². The lowest BCUT2D eigenvalue weighted by Gasteiger charge is -2.30. The first kappa shape index (κ1) is 13.1. The Morgan fingerprint density at radius 3 is 2.59 bits per heavy atom. The fourth-order valence-electron chi connectivity index (χ4n) is 2.67. The van der Waals surface area contributed by atoms with Crippen molar-refractivity contribution in [1.82, 2.24) is 5.32 Å². The third-order valence-electron chi connectivity index (χ3n) is 3.47. The molecule has 1 aromatic rings. The van der Waals surface area contributed by atoms with Crippen molar-refractivity contribution in [3.8, 4) is 0 Å². The Labute approximate surface area is 112 Å². The van der Waals surface area contributed by atoms with Gasteiger partial charge in [-0.05, 0) is 56.0 Å². The molecule has 3 heteroatoms. The standard InChI is InChI=1S/C14H20BrNO/c1-10-7-12(9-13(15)8-10)14(16-2)11-3-5-17-6-4-11/h7-9,11,14,16H,3-6H2,1-2H3. The molecule has 1 aliphatic heterocycles. The topological polar surface area (TPSA) is 21.3 Å². The van der Waals surface area contributed by atoms with Crippen LogP contribution in [0.25, 0.3) is 0 Å². The molecule has 1 heterocycles. The smallest absolute Gasteiger partial charge is 0.0469 e. The lowest BCUT2D eigenvalue weighted by molar-refractivity contribution is 0.0546. The van der Waals surface area contributed by atoms with Crippen LogP contribution in [0.5, 0.6) is 0 Å². The van der Waals surface area contributed by atoms with Crippen LogP contribution in [0.15, 0.2) is 22.7 Å². The Bertz CT molecular complexity index is 354. The SMILES string of the molecule is CNC(c1cc(C)cc(Br)c1)C1CCOCC1. The number of benzene rings is 1. The molecular weight excluding hydrogens is 278 g/mol. The Morgan fingerprint density at radius 2 is 2.00 bits per heavy atom. The van der Waals surface area contributed by atoms with Gasteiger partial charge < -0.3 is 10.1 Å². The molecule has 1 N–H and O–H groups in total. The highest BCUT2D eigenvalue weighted by Gasteiger charge is 2.24. The van der Waals surface area contributed by atoms with Crippen LogP contribution in [0.2, 0.25) is 0 Å². The molecule has 17 heavy (non-hydrogen) atoms. The Kier molecular flexibility index (Phi) is 4.60. The summed E-state index contributed by atoms with van der Waals surface area (Å²) in [6, 6.07) is 7.10. The van der Waals surface area contributed by atoms with Crippen molar-refractivity contribution in [3.05, 3.63) is 33.8 Å². The van der Waals surface area contributed by atoms with Gasteiger partial charge in [-0.15, -0.1) is 0 Å². The summed E-state index contributed by atoms with van der Waals surface area (Å²) in [7, 11) is 2.05. The van der Waals surface area contributed by atoms with Crippen molar-refractivity contribution < 1.29 is 4.74 Å². The highest BCUT2D eigenvalue weighted by molar-refractivity contribution is 9.10. The van der Waals surface area contributed by atoms with Crippen molar-refractivity contribution in [2.24, 2.45) is 5.92 Å². The summed E-state index contributed by atoms with van der Waals surface area (Å²) < 4.78 is 6.61. The zero-order valence-corrected chi connectivity index (χ0v) is 12.1. The fraction of sp³-hybridized carbons (Fsp3) is 0.571. The average Bonchev–Trinajstić information content (AvgIpc) is 2.30. The minimum Gasteiger partial charge on any atom is -0.381 e. The molecule has 1 atom stereocenters. The highest BCUT2D eigenvalue weighted by atomic mass is 79.9. The summed E-state index contributed by atoms with van der Waals surface area (Å²) >= 11 is 3.58. The summed E-state index contributed by atoms with van der Waals surface area (Å²) in [4.78, 5) is 0. The Morgan fingerprint density at radius 1 is 1.29 bits per heavy atom. The Hall–Kier alpha value is -0.380. The molecule has 2 nitrogen and oxygen atoms in total. The fourth-order valence-corrected chi connectivity index (χ4v) is 3.29. The first-order chi connectivity index (χ1) is 8.20. The molecule has 0 bridgehead atoms. The number of hydrogen-bond donors (Lipinski definition) is 1. The molecule has 1 fully saturated rings. The van der Waals surface area contributed by atoms with Crippen LogP contribution >= 0.6 is 15.9 Å². The molecule has 0 spiro atoms. The molecule has 94 valence electrons. The quantitative estimate of drug-likeness (QED) is 0.923. The van der Waals surface area contributed by atoms with E-state index in [4.69, 9.17) is 4.74 Å². The minimum atomic E-state index is 0.440. The van der Waals surface area contributed by atoms with Crippen molar-refractivity contribution in [2.75, 3.05) is 20.3 Å². The van der Waals surface area contributed by atoms with Crippen LogP contribution in [0.4, 0.5) is 0 Å². The summed E-state index contributed by atoms with van der Waals surface area (Å²) in [5.74, 6) is 0.683. The largest absolute Gasteiger partial charge is 0.381 e. The van der Waals surface area contributed by atoms with Crippen LogP contribution in [0.3, 0.4) is 0 Å². The van der Waals surface area contributed by atoms with Crippen LogP contribution < -0.4 is 5.32 Å². The zero-order valence-electron chi connectivity index (χ0n) is 10.5. The van der Waals surface area contributed by atoms with E-state index >= 15 is 0 Å².